The highest BCUT2D eigenvalue weighted by Crippen LogP contribution is 2.18. The van der Waals surface area contributed by atoms with Gasteiger partial charge in [-0.05, 0) is 25.5 Å². The third kappa shape index (κ3) is 1.16. The smallest absolute Gasteiger partial charge is 0.200 e. The van der Waals surface area contributed by atoms with Crippen LogP contribution in [0.4, 0.5) is 0 Å². The van der Waals surface area contributed by atoms with Gasteiger partial charge in [0.05, 0.1) is 7.11 Å². The first-order valence-corrected chi connectivity index (χ1v) is 4.21. The van der Waals surface area contributed by atoms with Gasteiger partial charge in [-0.1, -0.05) is 0 Å². The van der Waals surface area contributed by atoms with Crippen molar-refractivity contribution >= 4 is 5.65 Å². The van der Waals surface area contributed by atoms with Gasteiger partial charge >= 0.3 is 0 Å². The maximum atomic E-state index is 5.24. The van der Waals surface area contributed by atoms with Gasteiger partial charge < -0.3 is 4.74 Å². The quantitative estimate of drug-likeness (QED) is 0.664. The Morgan fingerprint density at radius 3 is 2.85 bits per heavy atom. The normalized spacial score (nSPS) is 10.7. The van der Waals surface area contributed by atoms with E-state index in [1.807, 2.05) is 36.6 Å². The molecule has 2 rings (SSSR count). The van der Waals surface area contributed by atoms with Crippen LogP contribution in [-0.4, -0.2) is 16.5 Å². The lowest BCUT2D eigenvalue weighted by Crippen LogP contribution is -1.96. The van der Waals surface area contributed by atoms with Gasteiger partial charge in [0, 0.05) is 18.0 Å². The van der Waals surface area contributed by atoms with E-state index in [4.69, 9.17) is 4.74 Å². The van der Waals surface area contributed by atoms with Crippen molar-refractivity contribution in [2.24, 2.45) is 0 Å². The standard InChI is InChI=1S/C10H12N2O/c1-7-4-5-12-9(13-3)6-8(2)11-10(7)12/h4-6H,1-3H3. The van der Waals surface area contributed by atoms with E-state index >= 15 is 0 Å². The van der Waals surface area contributed by atoms with E-state index in [-0.39, 0.29) is 0 Å². The van der Waals surface area contributed by atoms with E-state index < -0.39 is 0 Å². The molecule has 13 heavy (non-hydrogen) atoms. The predicted molar refractivity (Wildman–Crippen MR) is 51.2 cm³/mol. The first-order valence-electron chi connectivity index (χ1n) is 4.21. The summed E-state index contributed by atoms with van der Waals surface area (Å²) in [6.07, 6.45) is 1.97. The molecule has 0 atom stereocenters. The summed E-state index contributed by atoms with van der Waals surface area (Å²) in [5.74, 6) is 0.829. The van der Waals surface area contributed by atoms with Crippen molar-refractivity contribution < 1.29 is 4.74 Å². The lowest BCUT2D eigenvalue weighted by molar-refractivity contribution is 0.391. The van der Waals surface area contributed by atoms with Crippen molar-refractivity contribution in [3.05, 3.63) is 29.6 Å². The van der Waals surface area contributed by atoms with E-state index in [0.29, 0.717) is 0 Å². The molecule has 0 bridgehead atoms. The number of rotatable bonds is 1. The molecular formula is C10H12N2O. The Morgan fingerprint density at radius 1 is 1.38 bits per heavy atom. The van der Waals surface area contributed by atoms with Gasteiger partial charge in [-0.15, -0.1) is 0 Å². The van der Waals surface area contributed by atoms with Crippen molar-refractivity contribution in [2.75, 3.05) is 7.11 Å². The summed E-state index contributed by atoms with van der Waals surface area (Å²) >= 11 is 0. The van der Waals surface area contributed by atoms with Crippen LogP contribution < -0.4 is 4.74 Å². The molecule has 0 unspecified atom stereocenters. The monoisotopic (exact) mass is 176 g/mol. The number of aromatic nitrogens is 2. The molecule has 0 spiro atoms. The zero-order chi connectivity index (χ0) is 9.42. The molecule has 0 aromatic carbocycles. The number of methoxy groups -OCH3 is 1. The van der Waals surface area contributed by atoms with Crippen LogP contribution in [0, 0.1) is 13.8 Å². The van der Waals surface area contributed by atoms with E-state index in [0.717, 1.165) is 17.2 Å². The average molecular weight is 176 g/mol. The molecule has 2 aromatic rings. The Hall–Kier alpha value is -1.51. The Balaban J connectivity index is 2.84. The van der Waals surface area contributed by atoms with Gasteiger partial charge in [0.15, 0.2) is 0 Å². The van der Waals surface area contributed by atoms with Crippen LogP contribution in [0.5, 0.6) is 5.88 Å². The van der Waals surface area contributed by atoms with Crippen molar-refractivity contribution in [3.63, 3.8) is 0 Å². The second-order valence-electron chi connectivity index (χ2n) is 3.13. The number of nitrogens with zero attached hydrogens (tertiary/aromatic N) is 2. The van der Waals surface area contributed by atoms with Crippen LogP contribution >= 0.6 is 0 Å². The Morgan fingerprint density at radius 2 is 2.15 bits per heavy atom. The summed E-state index contributed by atoms with van der Waals surface area (Å²) in [4.78, 5) is 4.43. The summed E-state index contributed by atoms with van der Waals surface area (Å²) in [5, 5.41) is 0. The molecule has 68 valence electrons. The fourth-order valence-electron chi connectivity index (χ4n) is 1.45. The summed E-state index contributed by atoms with van der Waals surface area (Å²) in [6.45, 7) is 4.01. The molecule has 0 radical (unpaired) electrons. The molecule has 0 amide bonds. The lowest BCUT2D eigenvalue weighted by Gasteiger charge is -2.05. The second-order valence-corrected chi connectivity index (χ2v) is 3.13. The molecule has 0 fully saturated rings. The van der Waals surface area contributed by atoms with Gasteiger partial charge in [0.25, 0.3) is 0 Å². The van der Waals surface area contributed by atoms with Crippen molar-refractivity contribution in [2.45, 2.75) is 13.8 Å². The minimum absolute atomic E-state index is 0.829. The third-order valence-electron chi connectivity index (χ3n) is 2.12. The molecule has 0 N–H and O–H groups in total. The van der Waals surface area contributed by atoms with Gasteiger partial charge in [0.1, 0.15) is 5.65 Å². The minimum Gasteiger partial charge on any atom is -0.482 e. The SMILES string of the molecule is COc1cc(C)nc2c(C)ccn12. The number of fused-ring (bicyclic) bond motifs is 1. The average Bonchev–Trinajstić information content (AvgIpc) is 2.47. The summed E-state index contributed by atoms with van der Waals surface area (Å²) in [5.41, 5.74) is 3.12. The maximum absolute atomic E-state index is 5.24. The lowest BCUT2D eigenvalue weighted by atomic mass is 10.3. The number of aryl methyl sites for hydroxylation is 2. The first kappa shape index (κ1) is 8.10. The summed E-state index contributed by atoms with van der Waals surface area (Å²) in [6, 6.07) is 3.96. The molecule has 3 nitrogen and oxygen atoms in total. The van der Waals surface area contributed by atoms with Crippen LogP contribution in [0.15, 0.2) is 18.3 Å². The van der Waals surface area contributed by atoms with Crippen LogP contribution in [0.25, 0.3) is 5.65 Å². The molecule has 0 aliphatic carbocycles. The van der Waals surface area contributed by atoms with Crippen LogP contribution in [0.1, 0.15) is 11.3 Å². The highest BCUT2D eigenvalue weighted by atomic mass is 16.5. The van der Waals surface area contributed by atoms with E-state index in [9.17, 15) is 0 Å². The second kappa shape index (κ2) is 2.76. The van der Waals surface area contributed by atoms with Crippen LogP contribution in [0.2, 0.25) is 0 Å². The van der Waals surface area contributed by atoms with E-state index in [1.165, 1.54) is 5.56 Å². The van der Waals surface area contributed by atoms with E-state index in [1.54, 1.807) is 7.11 Å². The van der Waals surface area contributed by atoms with Crippen molar-refractivity contribution in [1.29, 1.82) is 0 Å². The predicted octanol–water partition coefficient (Wildman–Crippen LogP) is 1.96. The Kier molecular flexibility index (Phi) is 1.72. The van der Waals surface area contributed by atoms with Crippen LogP contribution in [-0.2, 0) is 0 Å². The van der Waals surface area contributed by atoms with Gasteiger partial charge in [-0.2, -0.15) is 0 Å². The highest BCUT2D eigenvalue weighted by molar-refractivity contribution is 5.50. The van der Waals surface area contributed by atoms with Crippen LogP contribution in [0.3, 0.4) is 0 Å². The van der Waals surface area contributed by atoms with Crippen molar-refractivity contribution in [3.8, 4) is 5.88 Å². The van der Waals surface area contributed by atoms with Gasteiger partial charge in [0.2, 0.25) is 5.88 Å². The maximum Gasteiger partial charge on any atom is 0.200 e. The summed E-state index contributed by atoms with van der Waals surface area (Å²) in [7, 11) is 1.67. The third-order valence-corrected chi connectivity index (χ3v) is 2.12. The molecule has 0 saturated heterocycles. The number of ether oxygens (including phenoxy) is 1. The summed E-state index contributed by atoms with van der Waals surface area (Å²) < 4.78 is 7.19. The molecule has 0 aliphatic heterocycles. The van der Waals surface area contributed by atoms with Gasteiger partial charge in [-0.3, -0.25) is 4.40 Å². The molecule has 0 saturated carbocycles. The molecule has 0 aliphatic rings. The largest absolute Gasteiger partial charge is 0.482 e. The minimum atomic E-state index is 0.829. The van der Waals surface area contributed by atoms with Gasteiger partial charge in [-0.25, -0.2) is 4.98 Å². The molecular weight excluding hydrogens is 164 g/mol. The zero-order valence-electron chi connectivity index (χ0n) is 8.03. The Bertz CT molecular complexity index is 445. The first-order chi connectivity index (χ1) is 6.22. The van der Waals surface area contributed by atoms with Crippen molar-refractivity contribution in [1.82, 2.24) is 9.38 Å². The highest BCUT2D eigenvalue weighted by Gasteiger charge is 2.04. The fourth-order valence-corrected chi connectivity index (χ4v) is 1.45. The molecule has 3 heteroatoms. The zero-order valence-corrected chi connectivity index (χ0v) is 8.03. The number of hydrogen-bond donors (Lipinski definition) is 0. The molecule has 2 aromatic heterocycles. The number of hydrogen-bond acceptors (Lipinski definition) is 2. The molecule has 2 heterocycles. The Labute approximate surface area is 77.0 Å². The fraction of sp³-hybridized carbons (Fsp3) is 0.300. The van der Waals surface area contributed by atoms with E-state index in [2.05, 4.69) is 4.98 Å². The topological polar surface area (TPSA) is 26.5 Å².